The van der Waals surface area contributed by atoms with Crippen LogP contribution in [0, 0.1) is 5.92 Å². The number of ether oxygens (including phenoxy) is 2. The maximum Gasteiger partial charge on any atom is 0.326 e. The van der Waals surface area contributed by atoms with E-state index in [9.17, 15) is 33.9 Å². The minimum atomic E-state index is -1.43. The van der Waals surface area contributed by atoms with Crippen LogP contribution in [0.4, 0.5) is 0 Å². The van der Waals surface area contributed by atoms with Gasteiger partial charge in [0, 0.05) is 19.3 Å². The number of carbonyl (C=O) groups excluding carboxylic acids is 5. The molecule has 1 saturated heterocycles. The molecule has 0 bridgehead atoms. The van der Waals surface area contributed by atoms with Crippen molar-refractivity contribution in [2.75, 3.05) is 0 Å². The minimum Gasteiger partial charge on any atom is -0.488 e. The van der Waals surface area contributed by atoms with Gasteiger partial charge in [0.2, 0.25) is 23.6 Å². The molecule has 4 amide bonds. The lowest BCUT2D eigenvalue weighted by molar-refractivity contribution is -0.155. The van der Waals surface area contributed by atoms with E-state index < -0.39 is 65.0 Å². The Hall–Kier alpha value is -4.16. The predicted octanol–water partition coefficient (Wildman–Crippen LogP) is 2.39. The zero-order chi connectivity index (χ0) is 34.8. The second-order valence-corrected chi connectivity index (χ2v) is 14.0. The fourth-order valence-electron chi connectivity index (χ4n) is 4.73. The Labute approximate surface area is 270 Å². The Kier molecular flexibility index (Phi) is 13.6. The molecule has 1 aromatic rings. The summed E-state index contributed by atoms with van der Waals surface area (Å²) in [5.41, 5.74) is -0.534. The lowest BCUT2D eigenvalue weighted by atomic mass is 10.00. The van der Waals surface area contributed by atoms with Gasteiger partial charge in [-0.25, -0.2) is 4.79 Å². The molecule has 2 rings (SSSR count). The number of hydrogen-bond acceptors (Lipinski definition) is 8. The van der Waals surface area contributed by atoms with E-state index in [1.165, 1.54) is 0 Å². The predicted molar refractivity (Wildman–Crippen MR) is 170 cm³/mol. The van der Waals surface area contributed by atoms with E-state index in [2.05, 4.69) is 21.3 Å². The van der Waals surface area contributed by atoms with Crippen molar-refractivity contribution in [3.8, 4) is 5.75 Å². The first-order valence-electron chi connectivity index (χ1n) is 15.7. The van der Waals surface area contributed by atoms with Crippen LogP contribution in [0.1, 0.15) is 93.1 Å². The highest BCUT2D eigenvalue weighted by atomic mass is 16.6. The van der Waals surface area contributed by atoms with Crippen LogP contribution in [-0.4, -0.2) is 76.0 Å². The van der Waals surface area contributed by atoms with E-state index in [0.29, 0.717) is 17.7 Å². The van der Waals surface area contributed by atoms with Gasteiger partial charge in [-0.3, -0.25) is 24.0 Å². The second-order valence-electron chi connectivity index (χ2n) is 14.0. The van der Waals surface area contributed by atoms with E-state index in [1.54, 1.807) is 45.0 Å². The summed E-state index contributed by atoms with van der Waals surface area (Å²) in [6.07, 6.45) is 0.279. The van der Waals surface area contributed by atoms with Crippen molar-refractivity contribution in [3.05, 3.63) is 29.8 Å². The molecule has 256 valence electrons. The van der Waals surface area contributed by atoms with Crippen LogP contribution in [0.15, 0.2) is 24.3 Å². The highest BCUT2D eigenvalue weighted by Crippen LogP contribution is 2.20. The molecule has 46 heavy (non-hydrogen) atoms. The number of nitrogens with one attached hydrogen (secondary N) is 4. The molecular weight excluding hydrogens is 596 g/mol. The third-order valence-corrected chi connectivity index (χ3v) is 6.74. The van der Waals surface area contributed by atoms with Crippen molar-refractivity contribution in [1.82, 2.24) is 21.3 Å². The van der Waals surface area contributed by atoms with Gasteiger partial charge in [0.25, 0.3) is 0 Å². The van der Waals surface area contributed by atoms with Gasteiger partial charge in [-0.1, -0.05) is 26.0 Å². The number of carboxylic acid groups (broad SMARTS) is 1. The summed E-state index contributed by atoms with van der Waals surface area (Å²) in [4.78, 5) is 75.9. The Balaban J connectivity index is 2.28. The van der Waals surface area contributed by atoms with Gasteiger partial charge in [0.05, 0.1) is 0 Å². The second kappa shape index (κ2) is 16.4. The average Bonchev–Trinajstić information content (AvgIpc) is 3.35. The van der Waals surface area contributed by atoms with Crippen molar-refractivity contribution in [2.45, 2.75) is 129 Å². The monoisotopic (exact) mass is 646 g/mol. The quantitative estimate of drug-likeness (QED) is 0.178. The summed E-state index contributed by atoms with van der Waals surface area (Å²) in [5.74, 6) is -3.54. The van der Waals surface area contributed by atoms with Gasteiger partial charge in [-0.15, -0.1) is 0 Å². The molecule has 1 aromatic carbocycles. The Morgan fingerprint density at radius 3 is 1.98 bits per heavy atom. The molecule has 1 fully saturated rings. The fourth-order valence-corrected chi connectivity index (χ4v) is 4.73. The van der Waals surface area contributed by atoms with E-state index in [0.717, 1.165) is 0 Å². The first-order chi connectivity index (χ1) is 21.2. The van der Waals surface area contributed by atoms with Gasteiger partial charge in [-0.05, 0) is 84.4 Å². The number of aliphatic carboxylic acids is 1. The molecule has 0 aliphatic carbocycles. The normalized spacial score (nSPS) is 16.9. The van der Waals surface area contributed by atoms with Crippen molar-refractivity contribution >= 4 is 35.6 Å². The molecule has 1 aliphatic rings. The van der Waals surface area contributed by atoms with Crippen LogP contribution >= 0.6 is 0 Å². The van der Waals surface area contributed by atoms with Crippen molar-refractivity contribution in [2.24, 2.45) is 5.92 Å². The van der Waals surface area contributed by atoms with Crippen LogP contribution in [0.2, 0.25) is 0 Å². The van der Waals surface area contributed by atoms with Gasteiger partial charge >= 0.3 is 11.9 Å². The number of esters is 1. The summed E-state index contributed by atoms with van der Waals surface area (Å²) in [7, 11) is 0. The average molecular weight is 647 g/mol. The zero-order valence-corrected chi connectivity index (χ0v) is 28.2. The molecule has 13 nitrogen and oxygen atoms in total. The van der Waals surface area contributed by atoms with Gasteiger partial charge in [0.15, 0.2) is 0 Å². The summed E-state index contributed by atoms with van der Waals surface area (Å²) in [6, 6.07) is 2.49. The molecule has 0 saturated carbocycles. The smallest absolute Gasteiger partial charge is 0.326 e. The zero-order valence-electron chi connectivity index (χ0n) is 28.2. The maximum absolute atomic E-state index is 13.6. The largest absolute Gasteiger partial charge is 0.488 e. The Morgan fingerprint density at radius 2 is 1.48 bits per heavy atom. The number of carboxylic acids is 1. The van der Waals surface area contributed by atoms with Crippen LogP contribution in [0.25, 0.3) is 0 Å². The minimum absolute atomic E-state index is 0.00714. The summed E-state index contributed by atoms with van der Waals surface area (Å²) < 4.78 is 11.1. The summed E-state index contributed by atoms with van der Waals surface area (Å²) in [5, 5.41) is 20.2. The standard InChI is InChI=1S/C33H50N4O9/c1-19(2)17-24(36-28(40)22-13-15-26(38)34-22)29(41)37-25(18-20-9-11-21(12-10-20)45-32(3,4)5)30(42)35-23(31(43)44)14-16-27(39)46-33(6,7)8/h9-12,19,22-25H,13-18H2,1-8H3,(H,34,38)(H,35,42)(H,36,40)(H,37,41)(H,43,44)/t22-,23-,24-,25-/m0/s1. The van der Waals surface area contributed by atoms with Crippen molar-refractivity contribution < 1.29 is 43.3 Å². The van der Waals surface area contributed by atoms with E-state index in [1.807, 2.05) is 34.6 Å². The van der Waals surface area contributed by atoms with Crippen LogP contribution < -0.4 is 26.0 Å². The molecular formula is C33H50N4O9. The molecule has 0 radical (unpaired) electrons. The molecule has 0 aromatic heterocycles. The molecule has 1 heterocycles. The van der Waals surface area contributed by atoms with Gasteiger partial charge in [-0.2, -0.15) is 0 Å². The fraction of sp³-hybridized carbons (Fsp3) is 0.636. The number of rotatable bonds is 15. The number of hydrogen-bond donors (Lipinski definition) is 5. The van der Waals surface area contributed by atoms with Crippen molar-refractivity contribution in [1.29, 1.82) is 0 Å². The van der Waals surface area contributed by atoms with Crippen LogP contribution in [0.5, 0.6) is 5.75 Å². The number of amides is 4. The molecule has 1 aliphatic heterocycles. The molecule has 0 unspecified atom stereocenters. The lowest BCUT2D eigenvalue weighted by Crippen LogP contribution is -2.58. The van der Waals surface area contributed by atoms with Crippen LogP contribution in [-0.2, 0) is 39.9 Å². The van der Waals surface area contributed by atoms with Gasteiger partial charge < -0.3 is 35.8 Å². The topological polar surface area (TPSA) is 189 Å². The highest BCUT2D eigenvalue weighted by Gasteiger charge is 2.33. The third kappa shape index (κ3) is 13.9. The van der Waals surface area contributed by atoms with Gasteiger partial charge in [0.1, 0.15) is 41.1 Å². The molecule has 5 N–H and O–H groups in total. The number of benzene rings is 1. The first-order valence-corrected chi connectivity index (χ1v) is 15.7. The summed E-state index contributed by atoms with van der Waals surface area (Å²) >= 11 is 0. The lowest BCUT2D eigenvalue weighted by Gasteiger charge is -2.26. The first kappa shape index (κ1) is 38.0. The van der Waals surface area contributed by atoms with Crippen molar-refractivity contribution in [3.63, 3.8) is 0 Å². The molecule has 13 heteroatoms. The SMILES string of the molecule is CC(C)C[C@H](NC(=O)[C@@H]1CCC(=O)N1)C(=O)N[C@@H](Cc1ccc(OC(C)(C)C)cc1)C(=O)N[C@@H](CCC(=O)OC(C)(C)C)C(=O)O. The molecule has 0 spiro atoms. The molecule has 4 atom stereocenters. The highest BCUT2D eigenvalue weighted by molar-refractivity contribution is 5.96. The maximum atomic E-state index is 13.6. The Morgan fingerprint density at radius 1 is 0.891 bits per heavy atom. The summed E-state index contributed by atoms with van der Waals surface area (Å²) in [6.45, 7) is 14.5. The third-order valence-electron chi connectivity index (χ3n) is 6.74. The van der Waals surface area contributed by atoms with Crippen LogP contribution in [0.3, 0.4) is 0 Å². The van der Waals surface area contributed by atoms with E-state index >= 15 is 0 Å². The van der Waals surface area contributed by atoms with E-state index in [-0.39, 0.29) is 43.9 Å². The number of carbonyl (C=O) groups is 6. The van der Waals surface area contributed by atoms with E-state index in [4.69, 9.17) is 9.47 Å². The Bertz CT molecular complexity index is 1250.